The SMILES string of the molecule is Cc1cccc(N(C)c2cccc(C(=N)N)n2)c1. The van der Waals surface area contributed by atoms with Crippen molar-refractivity contribution in [2.75, 3.05) is 11.9 Å². The average molecular weight is 240 g/mol. The van der Waals surface area contributed by atoms with Crippen LogP contribution in [0.2, 0.25) is 0 Å². The third-order valence-corrected chi connectivity index (χ3v) is 2.74. The number of aryl methyl sites for hydroxylation is 1. The third kappa shape index (κ3) is 2.48. The van der Waals surface area contributed by atoms with Gasteiger partial charge in [-0.1, -0.05) is 18.2 Å². The lowest BCUT2D eigenvalue weighted by molar-refractivity contribution is 1.11. The molecule has 0 unspecified atom stereocenters. The maximum absolute atomic E-state index is 7.41. The largest absolute Gasteiger partial charge is 0.382 e. The third-order valence-electron chi connectivity index (χ3n) is 2.74. The van der Waals surface area contributed by atoms with Gasteiger partial charge in [0.15, 0.2) is 0 Å². The van der Waals surface area contributed by atoms with Gasteiger partial charge in [-0.05, 0) is 36.8 Å². The maximum Gasteiger partial charge on any atom is 0.141 e. The molecule has 0 saturated carbocycles. The van der Waals surface area contributed by atoms with Gasteiger partial charge in [-0.2, -0.15) is 0 Å². The second-order valence-electron chi connectivity index (χ2n) is 4.19. The summed E-state index contributed by atoms with van der Waals surface area (Å²) in [6.07, 6.45) is 0. The molecule has 0 bridgehead atoms. The van der Waals surface area contributed by atoms with E-state index in [1.54, 1.807) is 6.07 Å². The molecule has 0 aliphatic heterocycles. The van der Waals surface area contributed by atoms with Crippen molar-refractivity contribution in [3.63, 3.8) is 0 Å². The summed E-state index contributed by atoms with van der Waals surface area (Å²) < 4.78 is 0. The second-order valence-corrected chi connectivity index (χ2v) is 4.19. The van der Waals surface area contributed by atoms with Gasteiger partial charge in [0.25, 0.3) is 0 Å². The zero-order valence-electron chi connectivity index (χ0n) is 10.5. The average Bonchev–Trinajstić information content (AvgIpc) is 2.38. The Morgan fingerprint density at radius 3 is 2.61 bits per heavy atom. The highest BCUT2D eigenvalue weighted by atomic mass is 15.2. The van der Waals surface area contributed by atoms with Gasteiger partial charge < -0.3 is 10.6 Å². The van der Waals surface area contributed by atoms with Crippen LogP contribution >= 0.6 is 0 Å². The number of hydrogen-bond acceptors (Lipinski definition) is 3. The van der Waals surface area contributed by atoms with E-state index in [2.05, 4.69) is 24.0 Å². The number of amidine groups is 1. The fourth-order valence-electron chi connectivity index (χ4n) is 1.73. The molecule has 2 rings (SSSR count). The quantitative estimate of drug-likeness (QED) is 0.639. The zero-order valence-corrected chi connectivity index (χ0v) is 10.5. The number of benzene rings is 1. The highest BCUT2D eigenvalue weighted by Crippen LogP contribution is 2.22. The Bertz CT molecular complexity index is 578. The number of nitrogens with two attached hydrogens (primary N) is 1. The van der Waals surface area contributed by atoms with Crippen molar-refractivity contribution in [3.05, 3.63) is 53.7 Å². The minimum Gasteiger partial charge on any atom is -0.382 e. The molecule has 1 heterocycles. The van der Waals surface area contributed by atoms with E-state index in [-0.39, 0.29) is 5.84 Å². The summed E-state index contributed by atoms with van der Waals surface area (Å²) in [5.74, 6) is 0.753. The van der Waals surface area contributed by atoms with Crippen molar-refractivity contribution < 1.29 is 0 Å². The van der Waals surface area contributed by atoms with Crippen LogP contribution in [0.4, 0.5) is 11.5 Å². The van der Waals surface area contributed by atoms with E-state index in [4.69, 9.17) is 11.1 Å². The van der Waals surface area contributed by atoms with Crippen molar-refractivity contribution in [2.45, 2.75) is 6.92 Å². The molecule has 92 valence electrons. The first-order chi connectivity index (χ1) is 8.58. The molecule has 4 nitrogen and oxygen atoms in total. The lowest BCUT2D eigenvalue weighted by Gasteiger charge is -2.19. The van der Waals surface area contributed by atoms with Crippen molar-refractivity contribution >= 4 is 17.3 Å². The standard InChI is InChI=1S/C14H16N4/c1-10-5-3-6-11(9-10)18(2)13-8-4-7-12(17-13)14(15)16/h3-9H,1-2H3,(H3,15,16). The molecular formula is C14H16N4. The van der Waals surface area contributed by atoms with Gasteiger partial charge >= 0.3 is 0 Å². The van der Waals surface area contributed by atoms with E-state index in [9.17, 15) is 0 Å². The molecule has 0 fully saturated rings. The van der Waals surface area contributed by atoms with Crippen LogP contribution in [0, 0.1) is 12.3 Å². The van der Waals surface area contributed by atoms with Crippen LogP contribution < -0.4 is 10.6 Å². The molecule has 0 amide bonds. The number of aromatic nitrogens is 1. The summed E-state index contributed by atoms with van der Waals surface area (Å²) in [6, 6.07) is 13.7. The van der Waals surface area contributed by atoms with Crippen molar-refractivity contribution in [2.24, 2.45) is 5.73 Å². The van der Waals surface area contributed by atoms with Crippen LogP contribution in [0.25, 0.3) is 0 Å². The van der Waals surface area contributed by atoms with Gasteiger partial charge in [0.2, 0.25) is 0 Å². The lowest BCUT2D eigenvalue weighted by atomic mass is 10.2. The summed E-state index contributed by atoms with van der Waals surface area (Å²) in [6.45, 7) is 2.05. The molecule has 0 spiro atoms. The van der Waals surface area contributed by atoms with Gasteiger partial charge in [0, 0.05) is 12.7 Å². The summed E-state index contributed by atoms with van der Waals surface area (Å²) in [5.41, 5.74) is 8.20. The van der Waals surface area contributed by atoms with Gasteiger partial charge in [-0.3, -0.25) is 5.41 Å². The molecule has 0 aliphatic rings. The zero-order chi connectivity index (χ0) is 13.1. The molecule has 0 atom stereocenters. The van der Waals surface area contributed by atoms with Crippen LogP contribution in [0.3, 0.4) is 0 Å². The van der Waals surface area contributed by atoms with Gasteiger partial charge in [0.05, 0.1) is 0 Å². The molecule has 0 radical (unpaired) electrons. The minimum absolute atomic E-state index is 0.0190. The van der Waals surface area contributed by atoms with Gasteiger partial charge in [0.1, 0.15) is 17.3 Å². The van der Waals surface area contributed by atoms with Crippen LogP contribution in [-0.4, -0.2) is 17.9 Å². The Kier molecular flexibility index (Phi) is 3.28. The molecule has 18 heavy (non-hydrogen) atoms. The molecule has 4 heteroatoms. The molecular weight excluding hydrogens is 224 g/mol. The Morgan fingerprint density at radius 2 is 1.94 bits per heavy atom. The summed E-state index contributed by atoms with van der Waals surface area (Å²) in [7, 11) is 1.95. The lowest BCUT2D eigenvalue weighted by Crippen LogP contribution is -2.17. The van der Waals surface area contributed by atoms with Crippen LogP contribution in [0.1, 0.15) is 11.3 Å². The second kappa shape index (κ2) is 4.87. The van der Waals surface area contributed by atoms with E-state index in [1.807, 2.05) is 36.2 Å². The van der Waals surface area contributed by atoms with Crippen LogP contribution in [-0.2, 0) is 0 Å². The van der Waals surface area contributed by atoms with E-state index in [1.165, 1.54) is 5.56 Å². The molecule has 1 aromatic carbocycles. The van der Waals surface area contributed by atoms with Gasteiger partial charge in [-0.15, -0.1) is 0 Å². The van der Waals surface area contributed by atoms with E-state index < -0.39 is 0 Å². The molecule has 0 aliphatic carbocycles. The smallest absolute Gasteiger partial charge is 0.141 e. The predicted octanol–water partition coefficient (Wildman–Crippen LogP) is 2.44. The highest BCUT2D eigenvalue weighted by Gasteiger charge is 2.07. The van der Waals surface area contributed by atoms with Gasteiger partial charge in [-0.25, -0.2) is 4.98 Å². The normalized spacial score (nSPS) is 10.1. The monoisotopic (exact) mass is 240 g/mol. The van der Waals surface area contributed by atoms with Crippen LogP contribution in [0.5, 0.6) is 0 Å². The molecule has 2 aromatic rings. The first-order valence-corrected chi connectivity index (χ1v) is 5.70. The van der Waals surface area contributed by atoms with Crippen molar-refractivity contribution in [3.8, 4) is 0 Å². The first-order valence-electron chi connectivity index (χ1n) is 5.70. The summed E-state index contributed by atoms with van der Waals surface area (Å²) in [4.78, 5) is 6.33. The van der Waals surface area contributed by atoms with Crippen molar-refractivity contribution in [1.82, 2.24) is 4.98 Å². The number of pyridine rings is 1. The number of hydrogen-bond donors (Lipinski definition) is 2. The van der Waals surface area contributed by atoms with Crippen LogP contribution in [0.15, 0.2) is 42.5 Å². The summed E-state index contributed by atoms with van der Waals surface area (Å²) in [5, 5.41) is 7.41. The Balaban J connectivity index is 2.36. The highest BCUT2D eigenvalue weighted by molar-refractivity contribution is 5.93. The maximum atomic E-state index is 7.41. The first kappa shape index (κ1) is 12.1. The topological polar surface area (TPSA) is 66.0 Å². The fraction of sp³-hybridized carbons (Fsp3) is 0.143. The number of nitrogens with one attached hydrogen (secondary N) is 1. The van der Waals surface area contributed by atoms with E-state index in [0.717, 1.165) is 11.5 Å². The number of nitrogens with zero attached hydrogens (tertiary/aromatic N) is 2. The Hall–Kier alpha value is -2.36. The van der Waals surface area contributed by atoms with Crippen molar-refractivity contribution in [1.29, 1.82) is 5.41 Å². The van der Waals surface area contributed by atoms with E-state index >= 15 is 0 Å². The molecule has 0 saturated heterocycles. The predicted molar refractivity (Wildman–Crippen MR) is 74.5 cm³/mol. The Labute approximate surface area is 107 Å². The number of rotatable bonds is 3. The molecule has 1 aromatic heterocycles. The Morgan fingerprint density at radius 1 is 1.22 bits per heavy atom. The summed E-state index contributed by atoms with van der Waals surface area (Å²) >= 11 is 0. The molecule has 3 N–H and O–H groups in total. The number of nitrogen functional groups attached to an aromatic ring is 1. The van der Waals surface area contributed by atoms with E-state index in [0.29, 0.717) is 5.69 Å². The minimum atomic E-state index is -0.0190. The fourth-order valence-corrected chi connectivity index (χ4v) is 1.73. The number of anilines is 2.